The number of rotatable bonds is 6. The van der Waals surface area contributed by atoms with Crippen molar-refractivity contribution in [2.24, 2.45) is 0 Å². The van der Waals surface area contributed by atoms with Crippen molar-refractivity contribution >= 4 is 46.2 Å². The number of aryl methyl sites for hydroxylation is 1. The second kappa shape index (κ2) is 8.91. The number of nitrogens with one attached hydrogen (secondary N) is 2. The first kappa shape index (κ1) is 20.5. The van der Waals surface area contributed by atoms with E-state index in [4.69, 9.17) is 23.8 Å². The minimum atomic E-state index is -0.223. The van der Waals surface area contributed by atoms with Crippen molar-refractivity contribution in [3.05, 3.63) is 80.5 Å². The number of nitrogens with zero attached hydrogens (tertiary/aromatic N) is 3. The summed E-state index contributed by atoms with van der Waals surface area (Å²) in [4.78, 5) is 17.9. The maximum Gasteiger partial charge on any atom is 0.246 e. The number of hydrogen-bond donors (Lipinski definition) is 2. The molecule has 2 aromatic carbocycles. The molecule has 0 aliphatic carbocycles. The Morgan fingerprint density at radius 1 is 1.23 bits per heavy atom. The van der Waals surface area contributed by atoms with Crippen molar-refractivity contribution in [1.82, 2.24) is 19.7 Å². The molecule has 0 fully saturated rings. The summed E-state index contributed by atoms with van der Waals surface area (Å²) in [5, 5.41) is 11.1. The highest BCUT2D eigenvalue weighted by atomic mass is 35.5. The van der Waals surface area contributed by atoms with Gasteiger partial charge in [0.1, 0.15) is 6.54 Å². The topological polar surface area (TPSA) is 75.6 Å². The lowest BCUT2D eigenvalue weighted by molar-refractivity contribution is -0.116. The number of amides is 1. The molecule has 0 bridgehead atoms. The molecule has 0 spiro atoms. The summed E-state index contributed by atoms with van der Waals surface area (Å²) in [5.74, 6) is 0.396. The zero-order valence-corrected chi connectivity index (χ0v) is 18.4. The van der Waals surface area contributed by atoms with E-state index >= 15 is 0 Å². The fourth-order valence-electron chi connectivity index (χ4n) is 2.97. The van der Waals surface area contributed by atoms with E-state index in [9.17, 15) is 4.79 Å². The van der Waals surface area contributed by atoms with Gasteiger partial charge in [0.05, 0.1) is 0 Å². The third kappa shape index (κ3) is 4.67. The second-order valence-corrected chi connectivity index (χ2v) is 8.66. The Hall–Kier alpha value is -2.81. The van der Waals surface area contributed by atoms with Crippen LogP contribution in [0.3, 0.4) is 0 Å². The summed E-state index contributed by atoms with van der Waals surface area (Å²) in [7, 11) is 0. The molecule has 152 valence electrons. The Labute approximate surface area is 187 Å². The summed E-state index contributed by atoms with van der Waals surface area (Å²) in [5.41, 5.74) is 3.05. The summed E-state index contributed by atoms with van der Waals surface area (Å²) < 4.78 is 2.06. The molecule has 30 heavy (non-hydrogen) atoms. The zero-order valence-electron chi connectivity index (χ0n) is 16.1. The molecular formula is C21H18ClN5OS2. The van der Waals surface area contributed by atoms with Gasteiger partial charge in [0.2, 0.25) is 5.91 Å². The zero-order chi connectivity index (χ0) is 21.1. The van der Waals surface area contributed by atoms with Gasteiger partial charge in [-0.1, -0.05) is 59.6 Å². The van der Waals surface area contributed by atoms with Crippen LogP contribution in [-0.4, -0.2) is 25.7 Å². The van der Waals surface area contributed by atoms with E-state index < -0.39 is 0 Å². The van der Waals surface area contributed by atoms with Crippen LogP contribution in [0.4, 0.5) is 5.13 Å². The van der Waals surface area contributed by atoms with Crippen LogP contribution < -0.4 is 5.32 Å². The summed E-state index contributed by atoms with van der Waals surface area (Å²) in [6.45, 7) is 2.06. The minimum absolute atomic E-state index is 0.0397. The molecule has 6 nitrogen and oxygen atoms in total. The molecule has 2 heterocycles. The Kier molecular flexibility index (Phi) is 6.08. The molecule has 4 rings (SSSR count). The number of carbonyl (C=O) groups excluding carboxylic acids is 1. The summed E-state index contributed by atoms with van der Waals surface area (Å²) in [6.07, 6.45) is 2.42. The van der Waals surface area contributed by atoms with Gasteiger partial charge in [-0.05, 0) is 30.8 Å². The Morgan fingerprint density at radius 2 is 2.00 bits per heavy atom. The normalized spacial score (nSPS) is 10.9. The number of aromatic nitrogens is 4. The van der Waals surface area contributed by atoms with Crippen LogP contribution in [0.25, 0.3) is 11.4 Å². The number of thiazole rings is 1. The average molecular weight is 456 g/mol. The van der Waals surface area contributed by atoms with Gasteiger partial charge in [-0.15, -0.1) is 11.3 Å². The summed E-state index contributed by atoms with van der Waals surface area (Å²) in [6, 6.07) is 15.6. The molecule has 2 N–H and O–H groups in total. The third-order valence-electron chi connectivity index (χ3n) is 4.49. The largest absolute Gasteiger partial charge is 0.300 e. The maximum atomic E-state index is 12.6. The highest BCUT2D eigenvalue weighted by Gasteiger charge is 2.14. The van der Waals surface area contributed by atoms with E-state index in [0.29, 0.717) is 22.1 Å². The fraction of sp³-hybridized carbons (Fsp3) is 0.143. The van der Waals surface area contributed by atoms with E-state index in [1.165, 1.54) is 11.3 Å². The molecule has 0 unspecified atom stereocenters. The van der Waals surface area contributed by atoms with Gasteiger partial charge in [-0.25, -0.2) is 4.98 Å². The molecular weight excluding hydrogens is 438 g/mol. The van der Waals surface area contributed by atoms with Crippen LogP contribution in [0.5, 0.6) is 0 Å². The molecule has 0 radical (unpaired) electrons. The van der Waals surface area contributed by atoms with E-state index in [0.717, 1.165) is 26.6 Å². The van der Waals surface area contributed by atoms with Crippen molar-refractivity contribution in [2.45, 2.75) is 19.9 Å². The predicted octanol–water partition coefficient (Wildman–Crippen LogP) is 5.26. The number of H-pyrrole nitrogens is 1. The quantitative estimate of drug-likeness (QED) is 0.389. The van der Waals surface area contributed by atoms with Gasteiger partial charge in [0, 0.05) is 28.1 Å². The van der Waals surface area contributed by atoms with Gasteiger partial charge < -0.3 is 5.32 Å². The molecule has 0 aliphatic rings. The maximum absolute atomic E-state index is 12.6. The van der Waals surface area contributed by atoms with Crippen LogP contribution in [0.1, 0.15) is 16.0 Å². The molecule has 0 saturated heterocycles. The Bertz CT molecular complexity index is 1240. The first-order valence-electron chi connectivity index (χ1n) is 9.20. The highest BCUT2D eigenvalue weighted by Crippen LogP contribution is 2.25. The van der Waals surface area contributed by atoms with Crippen LogP contribution in [0, 0.1) is 11.7 Å². The number of anilines is 1. The number of halogens is 1. The van der Waals surface area contributed by atoms with E-state index in [2.05, 4.69) is 20.5 Å². The lowest BCUT2D eigenvalue weighted by Gasteiger charge is -2.07. The Balaban J connectivity index is 1.45. The monoisotopic (exact) mass is 455 g/mol. The van der Waals surface area contributed by atoms with Crippen molar-refractivity contribution in [2.75, 3.05) is 5.32 Å². The number of aromatic amines is 1. The second-order valence-electron chi connectivity index (χ2n) is 6.75. The van der Waals surface area contributed by atoms with Crippen LogP contribution in [-0.2, 0) is 17.8 Å². The first-order chi connectivity index (χ1) is 14.5. The number of carbonyl (C=O) groups is 1. The van der Waals surface area contributed by atoms with Gasteiger partial charge in [-0.3, -0.25) is 14.5 Å². The number of hydrogen-bond acceptors (Lipinski definition) is 5. The van der Waals surface area contributed by atoms with Gasteiger partial charge in [0.25, 0.3) is 0 Å². The van der Waals surface area contributed by atoms with E-state index in [1.54, 1.807) is 10.8 Å². The van der Waals surface area contributed by atoms with Crippen molar-refractivity contribution in [3.8, 4) is 11.4 Å². The molecule has 1 amide bonds. The van der Waals surface area contributed by atoms with Gasteiger partial charge in [0.15, 0.2) is 15.7 Å². The van der Waals surface area contributed by atoms with Crippen LogP contribution in [0.2, 0.25) is 5.02 Å². The fourth-order valence-corrected chi connectivity index (χ4v) is 4.22. The molecule has 4 aromatic rings. The van der Waals surface area contributed by atoms with Gasteiger partial charge in [-0.2, -0.15) is 5.10 Å². The summed E-state index contributed by atoms with van der Waals surface area (Å²) >= 11 is 13.0. The standard InChI is InChI=1S/C21H18ClN5OS2/c1-13-6-8-14(9-7-13)19-25-26-21(29)27(19)12-18(28)24-20-23-11-16(30-20)10-15-4-2-3-5-17(15)22/h2-9,11H,10,12H2,1H3,(H,26,29)(H,23,24,28). The van der Waals surface area contributed by atoms with Crippen molar-refractivity contribution in [1.29, 1.82) is 0 Å². The molecule has 0 atom stereocenters. The van der Waals surface area contributed by atoms with Crippen molar-refractivity contribution in [3.63, 3.8) is 0 Å². The van der Waals surface area contributed by atoms with Crippen LogP contribution in [0.15, 0.2) is 54.7 Å². The lowest BCUT2D eigenvalue weighted by Crippen LogP contribution is -2.19. The average Bonchev–Trinajstić information content (AvgIpc) is 3.31. The third-order valence-corrected chi connectivity index (χ3v) is 6.09. The SMILES string of the molecule is Cc1ccc(-c2n[nH]c(=S)n2CC(=O)Nc2ncc(Cc3ccccc3Cl)s2)cc1. The van der Waals surface area contributed by atoms with Gasteiger partial charge >= 0.3 is 0 Å². The van der Waals surface area contributed by atoms with Crippen molar-refractivity contribution < 1.29 is 4.79 Å². The lowest BCUT2D eigenvalue weighted by atomic mass is 10.1. The smallest absolute Gasteiger partial charge is 0.246 e. The highest BCUT2D eigenvalue weighted by molar-refractivity contribution is 7.71. The minimum Gasteiger partial charge on any atom is -0.300 e. The van der Waals surface area contributed by atoms with E-state index in [1.807, 2.05) is 55.5 Å². The Morgan fingerprint density at radius 3 is 2.77 bits per heavy atom. The molecule has 0 saturated carbocycles. The van der Waals surface area contributed by atoms with Crippen LogP contribution >= 0.6 is 35.2 Å². The molecule has 2 aromatic heterocycles. The number of benzene rings is 2. The molecule has 0 aliphatic heterocycles. The first-order valence-corrected chi connectivity index (χ1v) is 10.8. The van der Waals surface area contributed by atoms with E-state index in [-0.39, 0.29) is 12.5 Å². The molecule has 9 heteroatoms. The predicted molar refractivity (Wildman–Crippen MR) is 123 cm³/mol.